The average molecular weight is 495 g/mol. The molecule has 0 saturated heterocycles. The van der Waals surface area contributed by atoms with E-state index in [2.05, 4.69) is 26.8 Å². The largest absolute Gasteiger partial charge is 0.497 e. The van der Waals surface area contributed by atoms with Crippen LogP contribution in [0.5, 0.6) is 5.75 Å². The fourth-order valence-electron chi connectivity index (χ4n) is 6.49. The molecule has 0 N–H and O–H groups in total. The van der Waals surface area contributed by atoms with Gasteiger partial charge in [0.1, 0.15) is 11.9 Å². The Hall–Kier alpha value is -2.89. The van der Waals surface area contributed by atoms with Gasteiger partial charge in [-0.3, -0.25) is 9.59 Å². The Labute approximate surface area is 214 Å². The van der Waals surface area contributed by atoms with E-state index in [9.17, 15) is 14.4 Å². The molecule has 0 aromatic heterocycles. The molecule has 0 unspecified atom stereocenters. The first kappa shape index (κ1) is 26.2. The predicted octanol–water partition coefficient (Wildman–Crippen LogP) is 5.71. The lowest BCUT2D eigenvalue weighted by atomic mass is 9.81. The van der Waals surface area contributed by atoms with Crippen LogP contribution in [0.4, 0.5) is 0 Å². The number of benzene rings is 1. The van der Waals surface area contributed by atoms with Gasteiger partial charge in [-0.05, 0) is 73.6 Å². The lowest BCUT2D eigenvalue weighted by Gasteiger charge is -2.34. The molecule has 0 heterocycles. The highest BCUT2D eigenvalue weighted by Crippen LogP contribution is 2.62. The molecule has 1 aromatic rings. The Kier molecular flexibility index (Phi) is 6.93. The number of methoxy groups -OCH3 is 1. The van der Waals surface area contributed by atoms with E-state index in [1.807, 2.05) is 19.9 Å². The van der Waals surface area contributed by atoms with Crippen molar-refractivity contribution in [1.29, 1.82) is 0 Å². The number of carbonyl (C=O) groups is 3. The maximum absolute atomic E-state index is 14.1. The molecule has 0 amide bonds. The molecule has 0 spiro atoms. The van der Waals surface area contributed by atoms with Gasteiger partial charge in [0.05, 0.1) is 18.6 Å². The normalized spacial score (nSPS) is 36.1. The topological polar surface area (TPSA) is 78.9 Å². The van der Waals surface area contributed by atoms with Crippen LogP contribution in [0.2, 0.25) is 0 Å². The molecule has 2 fully saturated rings. The minimum atomic E-state index is -1.41. The standard InChI is InChI=1S/C30H38O6/c1-17-11-12-23-24(29(23,5)6)14-18(2)27(32)30(36-20(4)31)16-19(3)26(25(30)13-17)35-28(33)21-9-8-10-22(15-21)34-7/h8-10,13-15,19,23-26H,11-12,16H2,1-7H3/b17-13-,18-14+/t19-,23-,24+,25-,26-,30+/m0/s1. The number of esters is 2. The highest BCUT2D eigenvalue weighted by molar-refractivity contribution is 6.03. The molecule has 0 bridgehead atoms. The molecule has 1 aromatic carbocycles. The number of rotatable bonds is 4. The summed E-state index contributed by atoms with van der Waals surface area (Å²) in [6, 6.07) is 6.80. The monoisotopic (exact) mass is 494 g/mol. The minimum absolute atomic E-state index is 0.146. The number of Topliss-reactive ketones (excluding diaryl/α,β-unsaturated/α-hetero) is 1. The quantitative estimate of drug-likeness (QED) is 0.394. The summed E-state index contributed by atoms with van der Waals surface area (Å²) < 4.78 is 17.3. The molecular weight excluding hydrogens is 456 g/mol. The SMILES string of the molecule is COc1cccc(C(=O)O[C@H]2[C@@H](C)C[C@]3(OC(C)=O)C(=O)/C(C)=C/[C@@H]4[C@H](CC/C(C)=C\[C@@H]23)C4(C)C)c1. The van der Waals surface area contributed by atoms with Gasteiger partial charge in [-0.2, -0.15) is 0 Å². The van der Waals surface area contributed by atoms with Crippen LogP contribution in [0.25, 0.3) is 0 Å². The fourth-order valence-corrected chi connectivity index (χ4v) is 6.49. The molecule has 0 radical (unpaired) electrons. The van der Waals surface area contributed by atoms with Crippen molar-refractivity contribution in [2.75, 3.05) is 7.11 Å². The van der Waals surface area contributed by atoms with Crippen molar-refractivity contribution in [3.8, 4) is 5.75 Å². The van der Waals surface area contributed by atoms with E-state index in [0.717, 1.165) is 18.4 Å². The van der Waals surface area contributed by atoms with Gasteiger partial charge in [-0.25, -0.2) is 4.79 Å². The highest BCUT2D eigenvalue weighted by Gasteiger charge is 2.61. The third-order valence-electron chi connectivity index (χ3n) is 8.58. The zero-order valence-electron chi connectivity index (χ0n) is 22.4. The molecule has 3 aliphatic rings. The molecular formula is C30H38O6. The van der Waals surface area contributed by atoms with Crippen LogP contribution in [-0.2, 0) is 19.1 Å². The Balaban J connectivity index is 1.75. The van der Waals surface area contributed by atoms with E-state index in [0.29, 0.717) is 35.1 Å². The summed E-state index contributed by atoms with van der Waals surface area (Å²) in [6.45, 7) is 11.7. The van der Waals surface area contributed by atoms with Crippen LogP contribution in [0.1, 0.15) is 71.2 Å². The van der Waals surface area contributed by atoms with Crippen LogP contribution in [0.3, 0.4) is 0 Å². The van der Waals surface area contributed by atoms with Crippen molar-refractivity contribution < 1.29 is 28.6 Å². The van der Waals surface area contributed by atoms with Crippen LogP contribution < -0.4 is 4.74 Å². The lowest BCUT2D eigenvalue weighted by molar-refractivity contribution is -0.168. The second-order valence-electron chi connectivity index (χ2n) is 11.5. The third-order valence-corrected chi connectivity index (χ3v) is 8.58. The first-order valence-electron chi connectivity index (χ1n) is 12.9. The maximum atomic E-state index is 14.1. The second kappa shape index (κ2) is 9.53. The van der Waals surface area contributed by atoms with Crippen molar-refractivity contribution in [2.24, 2.45) is 29.1 Å². The molecule has 6 heteroatoms. The summed E-state index contributed by atoms with van der Waals surface area (Å²) in [5, 5.41) is 0. The number of allylic oxidation sites excluding steroid dienone is 2. The second-order valence-corrected chi connectivity index (χ2v) is 11.5. The van der Waals surface area contributed by atoms with E-state index in [4.69, 9.17) is 14.2 Å². The van der Waals surface area contributed by atoms with Crippen molar-refractivity contribution in [1.82, 2.24) is 0 Å². The van der Waals surface area contributed by atoms with E-state index >= 15 is 0 Å². The first-order valence-corrected chi connectivity index (χ1v) is 12.9. The number of fused-ring (bicyclic) bond motifs is 2. The average Bonchev–Trinajstić information content (AvgIpc) is 3.24. The van der Waals surface area contributed by atoms with E-state index in [1.165, 1.54) is 6.92 Å². The van der Waals surface area contributed by atoms with Crippen LogP contribution in [-0.4, -0.2) is 36.5 Å². The fraction of sp³-hybridized carbons (Fsp3) is 0.567. The van der Waals surface area contributed by atoms with Gasteiger partial charge in [0.2, 0.25) is 5.78 Å². The van der Waals surface area contributed by atoms with Gasteiger partial charge in [-0.15, -0.1) is 0 Å². The molecule has 6 atom stereocenters. The molecule has 6 nitrogen and oxygen atoms in total. The smallest absolute Gasteiger partial charge is 0.338 e. The Morgan fingerprint density at radius 3 is 2.47 bits per heavy atom. The molecule has 3 aliphatic carbocycles. The van der Waals surface area contributed by atoms with E-state index in [-0.39, 0.29) is 17.1 Å². The third kappa shape index (κ3) is 4.62. The van der Waals surface area contributed by atoms with Gasteiger partial charge >= 0.3 is 11.9 Å². The summed E-state index contributed by atoms with van der Waals surface area (Å²) in [7, 11) is 1.54. The highest BCUT2D eigenvalue weighted by atomic mass is 16.6. The molecule has 194 valence electrons. The van der Waals surface area contributed by atoms with E-state index < -0.39 is 29.6 Å². The number of ether oxygens (including phenoxy) is 3. The Morgan fingerprint density at radius 2 is 1.81 bits per heavy atom. The van der Waals surface area contributed by atoms with Crippen LogP contribution >= 0.6 is 0 Å². The number of hydrogen-bond acceptors (Lipinski definition) is 6. The lowest BCUT2D eigenvalue weighted by Crippen LogP contribution is -2.48. The molecule has 0 aliphatic heterocycles. The first-order chi connectivity index (χ1) is 16.9. The summed E-state index contributed by atoms with van der Waals surface area (Å²) in [6.07, 6.45) is 5.67. The summed E-state index contributed by atoms with van der Waals surface area (Å²) in [5.74, 6) is -0.594. The predicted molar refractivity (Wildman–Crippen MR) is 136 cm³/mol. The van der Waals surface area contributed by atoms with Crippen molar-refractivity contribution in [3.05, 3.63) is 53.1 Å². The summed E-state index contributed by atoms with van der Waals surface area (Å²) in [4.78, 5) is 39.7. The maximum Gasteiger partial charge on any atom is 0.338 e. The van der Waals surface area contributed by atoms with Crippen LogP contribution in [0, 0.1) is 29.1 Å². The number of carbonyl (C=O) groups excluding carboxylic acids is 3. The van der Waals surface area contributed by atoms with Crippen molar-refractivity contribution in [2.45, 2.75) is 72.5 Å². The van der Waals surface area contributed by atoms with E-state index in [1.54, 1.807) is 31.4 Å². The van der Waals surface area contributed by atoms with Gasteiger partial charge < -0.3 is 14.2 Å². The number of ketones is 1. The van der Waals surface area contributed by atoms with Crippen molar-refractivity contribution >= 4 is 17.7 Å². The van der Waals surface area contributed by atoms with Gasteiger partial charge in [0.25, 0.3) is 0 Å². The van der Waals surface area contributed by atoms with Gasteiger partial charge in [0, 0.05) is 13.3 Å². The Bertz CT molecular complexity index is 1130. The zero-order chi connectivity index (χ0) is 26.4. The number of hydrogen-bond donors (Lipinski definition) is 0. The Morgan fingerprint density at radius 1 is 1.08 bits per heavy atom. The van der Waals surface area contributed by atoms with Crippen LogP contribution in [0.15, 0.2) is 47.6 Å². The molecule has 4 rings (SSSR count). The summed E-state index contributed by atoms with van der Waals surface area (Å²) >= 11 is 0. The minimum Gasteiger partial charge on any atom is -0.497 e. The van der Waals surface area contributed by atoms with Crippen molar-refractivity contribution in [3.63, 3.8) is 0 Å². The summed E-state index contributed by atoms with van der Waals surface area (Å²) in [5.41, 5.74) is 0.829. The van der Waals surface area contributed by atoms with Gasteiger partial charge in [-0.1, -0.05) is 44.6 Å². The van der Waals surface area contributed by atoms with Gasteiger partial charge in [0.15, 0.2) is 5.60 Å². The molecule has 36 heavy (non-hydrogen) atoms. The zero-order valence-corrected chi connectivity index (χ0v) is 22.4. The molecule has 2 saturated carbocycles.